The molecule has 0 aliphatic rings. The van der Waals surface area contributed by atoms with Crippen LogP contribution in [-0.2, 0) is 4.79 Å². The number of aromatic nitrogens is 2. The van der Waals surface area contributed by atoms with Crippen LogP contribution in [0.15, 0.2) is 36.8 Å². The van der Waals surface area contributed by atoms with E-state index in [1.54, 1.807) is 19.4 Å². The fourth-order valence-electron chi connectivity index (χ4n) is 1.79. The molecule has 88 valence electrons. The summed E-state index contributed by atoms with van der Waals surface area (Å²) < 4.78 is 1.83. The number of aliphatic carboxylic acids is 1. The van der Waals surface area contributed by atoms with Gasteiger partial charge < -0.3 is 9.67 Å². The first-order valence-electron chi connectivity index (χ1n) is 5.42. The second-order valence-corrected chi connectivity index (χ2v) is 4.03. The van der Waals surface area contributed by atoms with E-state index in [1.807, 2.05) is 35.8 Å². The summed E-state index contributed by atoms with van der Waals surface area (Å²) in [5, 5.41) is 9.05. The maximum absolute atomic E-state index is 11.0. The summed E-state index contributed by atoms with van der Waals surface area (Å²) in [5.41, 5.74) is 2.74. The van der Waals surface area contributed by atoms with Gasteiger partial charge in [0, 0.05) is 11.9 Å². The van der Waals surface area contributed by atoms with Gasteiger partial charge >= 0.3 is 5.97 Å². The van der Waals surface area contributed by atoms with Crippen molar-refractivity contribution in [2.45, 2.75) is 19.8 Å². The summed E-state index contributed by atoms with van der Waals surface area (Å²) >= 11 is 0. The average Bonchev–Trinajstić information content (AvgIpc) is 2.77. The minimum atomic E-state index is -0.847. The Labute approximate surface area is 99.5 Å². The molecule has 1 N–H and O–H groups in total. The molecule has 2 rings (SSSR count). The topological polar surface area (TPSA) is 55.1 Å². The second kappa shape index (κ2) is 4.41. The number of benzene rings is 1. The van der Waals surface area contributed by atoms with Crippen LogP contribution in [0.5, 0.6) is 0 Å². The molecule has 4 nitrogen and oxygen atoms in total. The van der Waals surface area contributed by atoms with E-state index in [-0.39, 0.29) is 0 Å². The van der Waals surface area contributed by atoms with Crippen LogP contribution in [0.4, 0.5) is 0 Å². The lowest BCUT2D eigenvalue weighted by Crippen LogP contribution is -2.12. The predicted molar refractivity (Wildman–Crippen MR) is 64.4 cm³/mol. The van der Waals surface area contributed by atoms with Crippen LogP contribution in [0.2, 0.25) is 0 Å². The van der Waals surface area contributed by atoms with Crippen molar-refractivity contribution >= 4 is 5.97 Å². The van der Waals surface area contributed by atoms with Crippen LogP contribution in [-0.4, -0.2) is 20.6 Å². The Hall–Kier alpha value is -2.10. The molecule has 0 amide bonds. The number of para-hydroxylation sites is 1. The Bertz CT molecular complexity index is 546. The summed E-state index contributed by atoms with van der Waals surface area (Å²) in [6, 6.07) is 7.83. The number of carbonyl (C=O) groups is 1. The fraction of sp³-hybridized carbons (Fsp3) is 0.231. The molecule has 17 heavy (non-hydrogen) atoms. The van der Waals surface area contributed by atoms with Crippen LogP contribution in [0.1, 0.15) is 24.1 Å². The highest BCUT2D eigenvalue weighted by Gasteiger charge is 2.19. The van der Waals surface area contributed by atoms with Crippen molar-refractivity contribution in [1.29, 1.82) is 0 Å². The van der Waals surface area contributed by atoms with E-state index < -0.39 is 11.9 Å². The third-order valence-corrected chi connectivity index (χ3v) is 2.86. The van der Waals surface area contributed by atoms with E-state index in [9.17, 15) is 4.79 Å². The fourth-order valence-corrected chi connectivity index (χ4v) is 1.79. The highest BCUT2D eigenvalue weighted by atomic mass is 16.4. The van der Waals surface area contributed by atoms with Gasteiger partial charge in [-0.05, 0) is 25.5 Å². The lowest BCUT2D eigenvalue weighted by Gasteiger charge is -2.13. The number of rotatable bonds is 3. The molecule has 1 aromatic heterocycles. The van der Waals surface area contributed by atoms with E-state index in [4.69, 9.17) is 5.11 Å². The van der Waals surface area contributed by atoms with Crippen LogP contribution < -0.4 is 0 Å². The maximum atomic E-state index is 11.0. The summed E-state index contributed by atoms with van der Waals surface area (Å²) in [6.07, 6.45) is 3.25. The highest BCUT2D eigenvalue weighted by molar-refractivity contribution is 5.75. The number of imidazole rings is 1. The van der Waals surface area contributed by atoms with Gasteiger partial charge in [-0.25, -0.2) is 4.98 Å². The number of hydrogen-bond donors (Lipinski definition) is 1. The molecule has 1 aromatic carbocycles. The van der Waals surface area contributed by atoms with Gasteiger partial charge in [0.2, 0.25) is 0 Å². The van der Waals surface area contributed by atoms with Gasteiger partial charge in [-0.1, -0.05) is 18.2 Å². The van der Waals surface area contributed by atoms with Crippen molar-refractivity contribution in [3.05, 3.63) is 48.0 Å². The molecule has 0 fully saturated rings. The largest absolute Gasteiger partial charge is 0.481 e. The average molecular weight is 230 g/mol. The SMILES string of the molecule is Cc1ccccc1-n1cncc1C(C)C(=O)O. The molecule has 0 saturated heterocycles. The first kappa shape index (κ1) is 11.4. The van der Waals surface area contributed by atoms with Gasteiger partial charge in [-0.2, -0.15) is 0 Å². The van der Waals surface area contributed by atoms with E-state index in [1.165, 1.54) is 0 Å². The molecule has 1 heterocycles. The van der Waals surface area contributed by atoms with Crippen LogP contribution in [0.3, 0.4) is 0 Å². The van der Waals surface area contributed by atoms with E-state index in [0.29, 0.717) is 5.69 Å². The van der Waals surface area contributed by atoms with Gasteiger partial charge in [0.1, 0.15) is 0 Å². The monoisotopic (exact) mass is 230 g/mol. The molecule has 0 bridgehead atoms. The molecule has 0 radical (unpaired) electrons. The Balaban J connectivity index is 2.51. The Morgan fingerprint density at radius 3 is 2.76 bits per heavy atom. The number of nitrogens with zero attached hydrogens (tertiary/aromatic N) is 2. The van der Waals surface area contributed by atoms with Gasteiger partial charge in [0.05, 0.1) is 17.9 Å². The standard InChI is InChI=1S/C13H14N2O2/c1-9-5-3-4-6-11(9)15-8-14-7-12(15)10(2)13(16)17/h3-8,10H,1-2H3,(H,16,17). The zero-order valence-corrected chi connectivity index (χ0v) is 9.79. The molecule has 0 spiro atoms. The summed E-state index contributed by atoms with van der Waals surface area (Å²) in [6.45, 7) is 3.65. The van der Waals surface area contributed by atoms with Crippen molar-refractivity contribution in [2.75, 3.05) is 0 Å². The lowest BCUT2D eigenvalue weighted by atomic mass is 10.1. The number of aryl methyl sites for hydroxylation is 1. The second-order valence-electron chi connectivity index (χ2n) is 4.03. The van der Waals surface area contributed by atoms with Crippen LogP contribution in [0.25, 0.3) is 5.69 Å². The third kappa shape index (κ3) is 2.06. The third-order valence-electron chi connectivity index (χ3n) is 2.86. The quantitative estimate of drug-likeness (QED) is 0.880. The number of carboxylic acids is 1. The normalized spacial score (nSPS) is 12.4. The van der Waals surface area contributed by atoms with Gasteiger partial charge in [0.25, 0.3) is 0 Å². The molecule has 0 aliphatic heterocycles. The zero-order chi connectivity index (χ0) is 12.4. The molecule has 0 saturated carbocycles. The molecular weight excluding hydrogens is 216 g/mol. The van der Waals surface area contributed by atoms with Crippen molar-refractivity contribution in [1.82, 2.24) is 9.55 Å². The Kier molecular flexibility index (Phi) is 2.95. The predicted octanol–water partition coefficient (Wildman–Crippen LogP) is 2.37. The van der Waals surface area contributed by atoms with Crippen molar-refractivity contribution < 1.29 is 9.90 Å². The van der Waals surface area contributed by atoms with Crippen LogP contribution >= 0.6 is 0 Å². The van der Waals surface area contributed by atoms with E-state index in [2.05, 4.69) is 4.98 Å². The summed E-state index contributed by atoms with van der Waals surface area (Å²) in [7, 11) is 0. The Morgan fingerprint density at radius 2 is 2.12 bits per heavy atom. The maximum Gasteiger partial charge on any atom is 0.312 e. The summed E-state index contributed by atoms with van der Waals surface area (Å²) in [5.74, 6) is -1.42. The summed E-state index contributed by atoms with van der Waals surface area (Å²) in [4.78, 5) is 15.1. The zero-order valence-electron chi connectivity index (χ0n) is 9.79. The minimum Gasteiger partial charge on any atom is -0.481 e. The van der Waals surface area contributed by atoms with Gasteiger partial charge in [-0.15, -0.1) is 0 Å². The van der Waals surface area contributed by atoms with Gasteiger partial charge in [0.15, 0.2) is 0 Å². The first-order chi connectivity index (χ1) is 8.11. The smallest absolute Gasteiger partial charge is 0.312 e. The lowest BCUT2D eigenvalue weighted by molar-refractivity contribution is -0.138. The molecule has 4 heteroatoms. The van der Waals surface area contributed by atoms with Crippen LogP contribution in [0, 0.1) is 6.92 Å². The number of hydrogen-bond acceptors (Lipinski definition) is 2. The van der Waals surface area contributed by atoms with Crippen molar-refractivity contribution in [3.8, 4) is 5.69 Å². The number of carboxylic acid groups (broad SMARTS) is 1. The highest BCUT2D eigenvalue weighted by Crippen LogP contribution is 2.21. The minimum absolute atomic E-state index is 0.572. The molecular formula is C13H14N2O2. The molecule has 1 unspecified atom stereocenters. The van der Waals surface area contributed by atoms with Gasteiger partial charge in [-0.3, -0.25) is 4.79 Å². The molecule has 0 aliphatic carbocycles. The first-order valence-corrected chi connectivity index (χ1v) is 5.42. The Morgan fingerprint density at radius 1 is 1.41 bits per heavy atom. The van der Waals surface area contributed by atoms with E-state index in [0.717, 1.165) is 11.3 Å². The van der Waals surface area contributed by atoms with E-state index >= 15 is 0 Å². The van der Waals surface area contributed by atoms with Crippen molar-refractivity contribution in [3.63, 3.8) is 0 Å². The van der Waals surface area contributed by atoms with Crippen molar-refractivity contribution in [2.24, 2.45) is 0 Å². The molecule has 2 aromatic rings. The molecule has 1 atom stereocenters.